The molecule has 5 nitrogen and oxygen atoms in total. The van der Waals surface area contributed by atoms with Gasteiger partial charge in [-0.15, -0.1) is 0 Å². The number of aryl methyl sites for hydroxylation is 1. The summed E-state index contributed by atoms with van der Waals surface area (Å²) in [7, 11) is 1.67. The lowest BCUT2D eigenvalue weighted by molar-refractivity contribution is -0.113. The maximum Gasteiger partial charge on any atom is 0.255 e. The lowest BCUT2D eigenvalue weighted by Gasteiger charge is -2.10. The largest absolute Gasteiger partial charge is 0.497 e. The fourth-order valence-corrected chi connectivity index (χ4v) is 3.17. The second-order valence-electron chi connectivity index (χ2n) is 10.1. The van der Waals surface area contributed by atoms with Crippen molar-refractivity contribution in [2.75, 3.05) is 7.11 Å². The molecule has 262 valence electrons. The summed E-state index contributed by atoms with van der Waals surface area (Å²) in [5, 5.41) is 2.85. The Bertz CT molecular complexity index is 1430. The van der Waals surface area contributed by atoms with E-state index in [2.05, 4.69) is 32.7 Å². The number of ether oxygens (including phenoxy) is 2. The fourth-order valence-electron chi connectivity index (χ4n) is 3.17. The number of unbranched alkanes of at least 4 members (excludes halogenated alkanes) is 1. The maximum atomic E-state index is 13.0. The number of carbonyl (C=O) groups excluding carboxylic acids is 2. The molecule has 0 aliphatic carbocycles. The minimum atomic E-state index is -0.338. The topological polar surface area (TPSA) is 64.6 Å². The van der Waals surface area contributed by atoms with Crippen LogP contribution in [0.25, 0.3) is 0 Å². The first-order chi connectivity index (χ1) is 22.9. The number of carbonyl (C=O) groups is 2. The molecule has 0 bridgehead atoms. The van der Waals surface area contributed by atoms with Crippen LogP contribution in [0.1, 0.15) is 98.0 Å². The third-order valence-corrected chi connectivity index (χ3v) is 6.22. The van der Waals surface area contributed by atoms with Crippen LogP contribution in [0.2, 0.25) is 0 Å². The van der Waals surface area contributed by atoms with E-state index in [1.165, 1.54) is 49.6 Å². The van der Waals surface area contributed by atoms with Crippen molar-refractivity contribution >= 4 is 11.7 Å². The molecule has 1 amide bonds. The molecule has 0 atom stereocenters. The molecule has 0 fully saturated rings. The van der Waals surface area contributed by atoms with Gasteiger partial charge in [0.25, 0.3) is 5.91 Å². The fraction of sp³-hybridized carbons (Fsp3) is 0.333. The lowest BCUT2D eigenvalue weighted by atomic mass is 10.0. The van der Waals surface area contributed by atoms with E-state index in [9.17, 15) is 14.0 Å². The molecular weight excluding hydrogens is 601 g/mol. The minimum Gasteiger partial charge on any atom is -0.497 e. The van der Waals surface area contributed by atoms with Gasteiger partial charge in [-0.3, -0.25) is 9.59 Å². The quantitative estimate of drug-likeness (QED) is 0.174. The summed E-state index contributed by atoms with van der Waals surface area (Å²) in [6.07, 6.45) is 7.93. The van der Waals surface area contributed by atoms with Crippen LogP contribution in [0, 0.1) is 12.7 Å². The first kappa shape index (κ1) is 45.4. The number of nitrogens with one attached hydrogen (secondary N) is 1. The smallest absolute Gasteiger partial charge is 0.255 e. The van der Waals surface area contributed by atoms with E-state index in [1.54, 1.807) is 56.5 Å². The molecule has 0 aromatic heterocycles. The highest BCUT2D eigenvalue weighted by Gasteiger charge is 2.09. The number of halogens is 1. The van der Waals surface area contributed by atoms with Gasteiger partial charge in [0.1, 0.15) is 23.1 Å². The highest BCUT2D eigenvalue weighted by molar-refractivity contribution is 5.96. The Morgan fingerprint density at radius 2 is 1.23 bits per heavy atom. The van der Waals surface area contributed by atoms with Gasteiger partial charge in [0, 0.05) is 11.3 Å². The second-order valence-corrected chi connectivity index (χ2v) is 10.1. The van der Waals surface area contributed by atoms with Crippen molar-refractivity contribution in [1.82, 2.24) is 5.32 Å². The molecule has 1 N–H and O–H groups in total. The number of Topliss-reactive ketones (excluding diaryl/α,β-unsaturated/α-hetero) is 1. The van der Waals surface area contributed by atoms with Gasteiger partial charge in [0.15, 0.2) is 5.78 Å². The molecule has 0 unspecified atom stereocenters. The Hall–Kier alpha value is -4.71. The van der Waals surface area contributed by atoms with Crippen LogP contribution in [-0.2, 0) is 4.79 Å². The Morgan fingerprint density at radius 1 is 0.771 bits per heavy atom. The Kier molecular flexibility index (Phi) is 25.9. The molecule has 6 heteroatoms. The number of hydrogen-bond donors (Lipinski definition) is 1. The van der Waals surface area contributed by atoms with Gasteiger partial charge in [0.05, 0.1) is 7.11 Å². The molecule has 0 radical (unpaired) electrons. The van der Waals surface area contributed by atoms with Gasteiger partial charge in [-0.2, -0.15) is 0 Å². The van der Waals surface area contributed by atoms with Crippen LogP contribution in [0.4, 0.5) is 4.39 Å². The van der Waals surface area contributed by atoms with E-state index in [4.69, 9.17) is 9.47 Å². The van der Waals surface area contributed by atoms with E-state index >= 15 is 0 Å². The number of hydrogen-bond acceptors (Lipinski definition) is 4. The third kappa shape index (κ3) is 19.7. The van der Waals surface area contributed by atoms with E-state index in [-0.39, 0.29) is 17.5 Å². The van der Waals surface area contributed by atoms with Gasteiger partial charge in [-0.1, -0.05) is 90.3 Å². The Balaban J connectivity index is 0. The number of ketones is 1. The lowest BCUT2D eigenvalue weighted by Crippen LogP contribution is -2.22. The number of allylic oxidation sites excluding steroid dienone is 6. The first-order valence-corrected chi connectivity index (χ1v) is 16.6. The van der Waals surface area contributed by atoms with Crippen molar-refractivity contribution in [1.29, 1.82) is 0 Å². The van der Waals surface area contributed by atoms with Gasteiger partial charge in [-0.05, 0) is 119 Å². The van der Waals surface area contributed by atoms with Crippen LogP contribution in [0.3, 0.4) is 0 Å². The zero-order valence-electron chi connectivity index (χ0n) is 31.3. The molecule has 0 saturated heterocycles. The summed E-state index contributed by atoms with van der Waals surface area (Å²) in [4.78, 5) is 24.2. The standard InChI is InChI=1S/C26H26FNO3.C8H10O.C4H10.2C2H6/c1-6-23(16-21(17(2)3)15-18(4)19(5)29)28-26(30)20-7-11-24(12-8-20)31-25-13-9-22(27)10-14-25;1-7-3-5-8(9-2)6-4-7;1-3-4-2;2*1-2/h6-16H,2H2,1,3-5H3,(H,28,30);3-6H,1-2H3;3-4H2,1-2H3;2*1-2H3/b18-15+,21-16-,23-6+;;;;. The Morgan fingerprint density at radius 3 is 1.62 bits per heavy atom. The molecule has 3 aromatic rings. The van der Waals surface area contributed by atoms with Crippen molar-refractivity contribution in [3.8, 4) is 17.2 Å². The summed E-state index contributed by atoms with van der Waals surface area (Å²) in [5.74, 6) is 1.30. The predicted molar refractivity (Wildman–Crippen MR) is 202 cm³/mol. The zero-order valence-corrected chi connectivity index (χ0v) is 31.3. The third-order valence-electron chi connectivity index (χ3n) is 6.22. The van der Waals surface area contributed by atoms with Gasteiger partial charge in [-0.25, -0.2) is 4.39 Å². The molecular formula is C42H58FNO4. The first-order valence-electron chi connectivity index (χ1n) is 16.6. The van der Waals surface area contributed by atoms with E-state index < -0.39 is 0 Å². The van der Waals surface area contributed by atoms with Crippen molar-refractivity contribution in [3.05, 3.63) is 137 Å². The molecule has 0 spiro atoms. The van der Waals surface area contributed by atoms with Crippen LogP contribution in [0.15, 0.2) is 120 Å². The molecule has 48 heavy (non-hydrogen) atoms. The van der Waals surface area contributed by atoms with Crippen LogP contribution >= 0.6 is 0 Å². The number of amides is 1. The molecule has 0 heterocycles. The Labute approximate surface area is 290 Å². The summed E-state index contributed by atoms with van der Waals surface area (Å²) in [5.41, 5.74) is 4.43. The van der Waals surface area contributed by atoms with Crippen molar-refractivity contribution in [3.63, 3.8) is 0 Å². The summed E-state index contributed by atoms with van der Waals surface area (Å²) in [6.45, 7) is 25.2. The molecule has 3 aromatic carbocycles. The highest BCUT2D eigenvalue weighted by Crippen LogP contribution is 2.22. The normalized spacial score (nSPS) is 10.6. The zero-order chi connectivity index (χ0) is 37.1. The summed E-state index contributed by atoms with van der Waals surface area (Å²) < 4.78 is 23.6. The highest BCUT2D eigenvalue weighted by atomic mass is 19.1. The molecule has 0 aliphatic heterocycles. The number of benzene rings is 3. The van der Waals surface area contributed by atoms with Crippen molar-refractivity contribution in [2.45, 2.75) is 89.0 Å². The van der Waals surface area contributed by atoms with Crippen LogP contribution in [0.5, 0.6) is 17.2 Å². The van der Waals surface area contributed by atoms with Gasteiger partial charge >= 0.3 is 0 Å². The average Bonchev–Trinajstić information content (AvgIpc) is 3.11. The summed E-state index contributed by atoms with van der Waals surface area (Å²) in [6, 6.07) is 20.3. The minimum absolute atomic E-state index is 0.0267. The monoisotopic (exact) mass is 659 g/mol. The second kappa shape index (κ2) is 27.4. The van der Waals surface area contributed by atoms with Crippen molar-refractivity contribution < 1.29 is 23.5 Å². The SMILES string of the molecule is C=C(C)C(=C\C(=C/C)NC(=O)c1ccc(Oc2ccc(F)cc2)cc1)/C=C(\C)C(C)=O.CC.CC.CCCC.COc1ccc(C)cc1. The maximum absolute atomic E-state index is 13.0. The van der Waals surface area contributed by atoms with Crippen LogP contribution < -0.4 is 14.8 Å². The van der Waals surface area contributed by atoms with Crippen LogP contribution in [-0.4, -0.2) is 18.8 Å². The van der Waals surface area contributed by atoms with E-state index in [0.29, 0.717) is 28.3 Å². The van der Waals surface area contributed by atoms with Crippen molar-refractivity contribution in [2.24, 2.45) is 0 Å². The average molecular weight is 660 g/mol. The van der Waals surface area contributed by atoms with E-state index in [1.807, 2.05) is 65.8 Å². The molecule has 0 saturated carbocycles. The van der Waals surface area contributed by atoms with E-state index in [0.717, 1.165) is 16.9 Å². The van der Waals surface area contributed by atoms with Gasteiger partial charge < -0.3 is 14.8 Å². The van der Waals surface area contributed by atoms with Gasteiger partial charge in [0.2, 0.25) is 0 Å². The summed E-state index contributed by atoms with van der Waals surface area (Å²) >= 11 is 0. The number of methoxy groups -OCH3 is 1. The number of rotatable bonds is 10. The molecule has 0 aliphatic rings. The predicted octanol–water partition coefficient (Wildman–Crippen LogP) is 12.2. The molecule has 3 rings (SSSR count).